The van der Waals surface area contributed by atoms with Gasteiger partial charge in [-0.05, 0) is 31.0 Å². The van der Waals surface area contributed by atoms with E-state index in [1.807, 2.05) is 6.07 Å². The molecule has 5 nitrogen and oxygen atoms in total. The van der Waals surface area contributed by atoms with Crippen LogP contribution >= 0.6 is 11.6 Å². The average molecular weight is 294 g/mol. The summed E-state index contributed by atoms with van der Waals surface area (Å²) in [6.45, 7) is 1.52. The van der Waals surface area contributed by atoms with E-state index < -0.39 is 5.41 Å². The second kappa shape index (κ2) is 6.12. The molecule has 1 amide bonds. The number of carbonyl (C=O) groups is 1. The van der Waals surface area contributed by atoms with Crippen LogP contribution in [0, 0.1) is 16.7 Å². The number of primary amides is 1. The fraction of sp³-hybridized carbons (Fsp3) is 0.429. The lowest BCUT2D eigenvalue weighted by Crippen LogP contribution is -2.46. The molecular formula is C14H16ClN3O2. The Kier molecular flexibility index (Phi) is 4.48. The van der Waals surface area contributed by atoms with Gasteiger partial charge in [-0.15, -0.1) is 0 Å². The molecule has 0 unspecified atom stereocenters. The summed E-state index contributed by atoms with van der Waals surface area (Å²) in [5, 5.41) is 12.4. The Morgan fingerprint density at radius 2 is 2.20 bits per heavy atom. The molecule has 1 heterocycles. The maximum atomic E-state index is 11.7. The Balaban J connectivity index is 2.08. The van der Waals surface area contributed by atoms with Crippen LogP contribution in [0.3, 0.4) is 0 Å². The first-order valence-electron chi connectivity index (χ1n) is 6.38. The van der Waals surface area contributed by atoms with Gasteiger partial charge in [0.25, 0.3) is 0 Å². The molecule has 0 atom stereocenters. The zero-order valence-electron chi connectivity index (χ0n) is 11.0. The Bertz CT molecular complexity index is 548. The highest BCUT2D eigenvalue weighted by molar-refractivity contribution is 6.32. The number of nitrogens with zero attached hydrogens (tertiary/aromatic N) is 1. The van der Waals surface area contributed by atoms with E-state index in [1.54, 1.807) is 18.2 Å². The summed E-state index contributed by atoms with van der Waals surface area (Å²) >= 11 is 5.97. The number of ether oxygens (including phenoxy) is 1. The lowest BCUT2D eigenvalue weighted by atomic mass is 9.79. The van der Waals surface area contributed by atoms with E-state index in [1.165, 1.54) is 0 Å². The molecule has 20 heavy (non-hydrogen) atoms. The second-order valence-electron chi connectivity index (χ2n) is 4.92. The number of hydrogen-bond acceptors (Lipinski definition) is 4. The third kappa shape index (κ3) is 3.03. The van der Waals surface area contributed by atoms with Crippen molar-refractivity contribution in [2.75, 3.05) is 25.1 Å². The van der Waals surface area contributed by atoms with Gasteiger partial charge in [0.2, 0.25) is 5.91 Å². The molecule has 2 rings (SSSR count). The number of nitriles is 1. The van der Waals surface area contributed by atoms with Crippen LogP contribution in [0.15, 0.2) is 18.2 Å². The van der Waals surface area contributed by atoms with Crippen LogP contribution in [0.5, 0.6) is 0 Å². The summed E-state index contributed by atoms with van der Waals surface area (Å²) < 4.78 is 5.28. The smallest absolute Gasteiger partial charge is 0.225 e. The van der Waals surface area contributed by atoms with Gasteiger partial charge in [-0.3, -0.25) is 4.79 Å². The number of amides is 1. The van der Waals surface area contributed by atoms with Crippen molar-refractivity contribution in [1.82, 2.24) is 0 Å². The van der Waals surface area contributed by atoms with Gasteiger partial charge in [-0.2, -0.15) is 5.26 Å². The van der Waals surface area contributed by atoms with Gasteiger partial charge in [0.1, 0.15) is 6.07 Å². The zero-order valence-corrected chi connectivity index (χ0v) is 11.7. The molecule has 1 aliphatic heterocycles. The number of nitrogens with two attached hydrogens (primary N) is 1. The topological polar surface area (TPSA) is 88.1 Å². The van der Waals surface area contributed by atoms with E-state index >= 15 is 0 Å². The standard InChI is InChI=1S/C14H16ClN3O2/c15-12-7-11(2-1-10(12)8-16)18-9-14(13(17)19)3-5-20-6-4-14/h1-2,7,18H,3-6,9H2,(H2,17,19). The lowest BCUT2D eigenvalue weighted by molar-refractivity contribution is -0.132. The van der Waals surface area contributed by atoms with Crippen LogP contribution in [0.4, 0.5) is 5.69 Å². The largest absolute Gasteiger partial charge is 0.384 e. The Hall–Kier alpha value is -1.77. The minimum absolute atomic E-state index is 0.312. The minimum atomic E-state index is -0.585. The van der Waals surface area contributed by atoms with E-state index in [0.29, 0.717) is 43.2 Å². The van der Waals surface area contributed by atoms with Gasteiger partial charge in [0.05, 0.1) is 16.0 Å². The molecule has 0 saturated carbocycles. The average Bonchev–Trinajstić information content (AvgIpc) is 2.46. The van der Waals surface area contributed by atoms with E-state index in [4.69, 9.17) is 27.3 Å². The minimum Gasteiger partial charge on any atom is -0.384 e. The van der Waals surface area contributed by atoms with Crippen LogP contribution in [0.1, 0.15) is 18.4 Å². The van der Waals surface area contributed by atoms with Gasteiger partial charge in [0, 0.05) is 25.4 Å². The summed E-state index contributed by atoms with van der Waals surface area (Å²) in [4.78, 5) is 11.7. The highest BCUT2D eigenvalue weighted by Crippen LogP contribution is 2.31. The summed E-state index contributed by atoms with van der Waals surface area (Å²) in [6, 6.07) is 7.08. The Labute approximate surface area is 122 Å². The zero-order chi connectivity index (χ0) is 14.6. The van der Waals surface area contributed by atoms with Crippen molar-refractivity contribution in [3.63, 3.8) is 0 Å². The quantitative estimate of drug-likeness (QED) is 0.887. The van der Waals surface area contributed by atoms with Crippen LogP contribution in [0.2, 0.25) is 5.02 Å². The van der Waals surface area contributed by atoms with Gasteiger partial charge in [-0.1, -0.05) is 11.6 Å². The summed E-state index contributed by atoms with van der Waals surface area (Å²) in [7, 11) is 0. The van der Waals surface area contributed by atoms with Crippen molar-refractivity contribution >= 4 is 23.2 Å². The molecule has 0 bridgehead atoms. The highest BCUT2D eigenvalue weighted by Gasteiger charge is 2.38. The molecule has 1 saturated heterocycles. The summed E-state index contributed by atoms with van der Waals surface area (Å²) in [5.41, 5.74) is 6.14. The predicted molar refractivity (Wildman–Crippen MR) is 76.3 cm³/mol. The maximum absolute atomic E-state index is 11.7. The Morgan fingerprint density at radius 3 is 2.75 bits per heavy atom. The van der Waals surface area contributed by atoms with Gasteiger partial charge >= 0.3 is 0 Å². The van der Waals surface area contributed by atoms with Crippen molar-refractivity contribution in [2.45, 2.75) is 12.8 Å². The van der Waals surface area contributed by atoms with Gasteiger partial charge in [0.15, 0.2) is 0 Å². The third-order valence-corrected chi connectivity index (χ3v) is 4.01. The van der Waals surface area contributed by atoms with Crippen molar-refractivity contribution in [3.8, 4) is 6.07 Å². The highest BCUT2D eigenvalue weighted by atomic mass is 35.5. The van der Waals surface area contributed by atoms with Crippen LogP contribution < -0.4 is 11.1 Å². The van der Waals surface area contributed by atoms with E-state index in [9.17, 15) is 4.79 Å². The fourth-order valence-corrected chi connectivity index (χ4v) is 2.48. The molecule has 0 radical (unpaired) electrons. The number of hydrogen-bond donors (Lipinski definition) is 2. The van der Waals surface area contributed by atoms with E-state index in [0.717, 1.165) is 5.69 Å². The molecule has 1 aromatic carbocycles. The monoisotopic (exact) mass is 293 g/mol. The SMILES string of the molecule is N#Cc1ccc(NCC2(C(N)=O)CCOCC2)cc1Cl. The molecule has 1 aromatic rings. The third-order valence-electron chi connectivity index (χ3n) is 3.69. The molecule has 1 fully saturated rings. The van der Waals surface area contributed by atoms with Gasteiger partial charge < -0.3 is 15.8 Å². The van der Waals surface area contributed by atoms with Gasteiger partial charge in [-0.25, -0.2) is 0 Å². The predicted octanol–water partition coefficient (Wildman–Crippen LogP) is 1.91. The van der Waals surface area contributed by atoms with Crippen LogP contribution in [-0.4, -0.2) is 25.7 Å². The molecule has 0 aliphatic carbocycles. The van der Waals surface area contributed by atoms with Crippen molar-refractivity contribution < 1.29 is 9.53 Å². The molecule has 0 aromatic heterocycles. The molecule has 106 valence electrons. The summed E-state index contributed by atoms with van der Waals surface area (Å²) in [5.74, 6) is -0.312. The number of rotatable bonds is 4. The van der Waals surface area contributed by atoms with E-state index in [2.05, 4.69) is 5.32 Å². The second-order valence-corrected chi connectivity index (χ2v) is 5.32. The van der Waals surface area contributed by atoms with E-state index in [-0.39, 0.29) is 5.91 Å². The van der Waals surface area contributed by atoms with Crippen LogP contribution in [0.25, 0.3) is 0 Å². The van der Waals surface area contributed by atoms with Crippen molar-refractivity contribution in [1.29, 1.82) is 5.26 Å². The van der Waals surface area contributed by atoms with Crippen LogP contribution in [-0.2, 0) is 9.53 Å². The molecule has 0 spiro atoms. The number of benzene rings is 1. The molecule has 6 heteroatoms. The number of carbonyl (C=O) groups excluding carboxylic acids is 1. The van der Waals surface area contributed by atoms with Crippen molar-refractivity contribution in [2.24, 2.45) is 11.1 Å². The number of halogens is 1. The first kappa shape index (κ1) is 14.6. The first-order valence-corrected chi connectivity index (χ1v) is 6.76. The summed E-state index contributed by atoms with van der Waals surface area (Å²) in [6.07, 6.45) is 1.22. The van der Waals surface area contributed by atoms with Crippen molar-refractivity contribution in [3.05, 3.63) is 28.8 Å². The first-order chi connectivity index (χ1) is 9.57. The molecule has 1 aliphatic rings. The fourth-order valence-electron chi connectivity index (χ4n) is 2.26. The Morgan fingerprint density at radius 1 is 1.50 bits per heavy atom. The normalized spacial score (nSPS) is 17.2. The number of nitrogens with one attached hydrogen (secondary N) is 1. The molecule has 3 N–H and O–H groups in total. The molecular weight excluding hydrogens is 278 g/mol. The number of anilines is 1. The lowest BCUT2D eigenvalue weighted by Gasteiger charge is -2.34. The maximum Gasteiger partial charge on any atom is 0.225 e.